The molecule has 7 nitrogen and oxygen atoms in total. The molecule has 2 aromatic rings. The quantitative estimate of drug-likeness (QED) is 0.333. The Morgan fingerprint density at radius 1 is 1.03 bits per heavy atom. The fourth-order valence-electron chi connectivity index (χ4n) is 3.33. The molecule has 0 spiro atoms. The molecule has 172 valence electrons. The van der Waals surface area contributed by atoms with Crippen LogP contribution in [0.4, 0.5) is 0 Å². The van der Waals surface area contributed by atoms with E-state index in [-0.39, 0.29) is 29.4 Å². The highest BCUT2D eigenvalue weighted by atomic mass is 127. The van der Waals surface area contributed by atoms with Crippen LogP contribution in [0.15, 0.2) is 39.9 Å². The molecule has 0 radical (unpaired) electrons. The van der Waals surface area contributed by atoms with Crippen molar-refractivity contribution in [1.29, 1.82) is 0 Å². The Hall–Kier alpha value is -1.65. The lowest BCUT2D eigenvalue weighted by Gasteiger charge is -2.32. The molecule has 1 fully saturated rings. The van der Waals surface area contributed by atoms with E-state index in [0.717, 1.165) is 44.4 Å². The number of aliphatic imine (C=N–C) groups is 1. The number of guanidine groups is 1. The lowest BCUT2D eigenvalue weighted by molar-refractivity contribution is 0.148. The van der Waals surface area contributed by atoms with Gasteiger partial charge in [-0.3, -0.25) is 9.89 Å². The van der Waals surface area contributed by atoms with E-state index in [0.29, 0.717) is 19.0 Å². The second-order valence-corrected chi connectivity index (χ2v) is 9.04. The summed E-state index contributed by atoms with van der Waals surface area (Å²) in [5.41, 5.74) is 2.55. The van der Waals surface area contributed by atoms with E-state index in [4.69, 9.17) is 4.42 Å². The Morgan fingerprint density at radius 2 is 1.65 bits per heavy atom. The number of nitrogens with one attached hydrogen (secondary N) is 2. The van der Waals surface area contributed by atoms with Gasteiger partial charge in [0.2, 0.25) is 5.89 Å². The van der Waals surface area contributed by atoms with E-state index >= 15 is 0 Å². The third kappa shape index (κ3) is 8.08. The number of nitrogens with zero attached hydrogens (tertiary/aromatic N) is 4. The summed E-state index contributed by atoms with van der Waals surface area (Å²) in [6, 6.07) is 8.84. The largest absolute Gasteiger partial charge is 0.443 e. The van der Waals surface area contributed by atoms with Crippen LogP contribution in [0.1, 0.15) is 43.5 Å². The Bertz CT molecular complexity index is 819. The first-order valence-corrected chi connectivity index (χ1v) is 10.7. The maximum Gasteiger partial charge on any atom is 0.213 e. The topological polar surface area (TPSA) is 68.9 Å². The number of rotatable bonds is 6. The van der Waals surface area contributed by atoms with E-state index in [9.17, 15) is 0 Å². The lowest BCUT2D eigenvalue weighted by atomic mass is 9.94. The third-order valence-electron chi connectivity index (χ3n) is 5.41. The van der Waals surface area contributed by atoms with Gasteiger partial charge in [0.15, 0.2) is 5.96 Å². The van der Waals surface area contributed by atoms with E-state index < -0.39 is 0 Å². The Kier molecular flexibility index (Phi) is 9.77. The molecule has 2 heterocycles. The van der Waals surface area contributed by atoms with Crippen molar-refractivity contribution in [3.63, 3.8) is 0 Å². The summed E-state index contributed by atoms with van der Waals surface area (Å²) in [6.07, 6.45) is 1.80. The van der Waals surface area contributed by atoms with Gasteiger partial charge in [0.25, 0.3) is 0 Å². The Balaban J connectivity index is 0.00000341. The average Bonchev–Trinajstić information content (AvgIpc) is 3.21. The van der Waals surface area contributed by atoms with Crippen LogP contribution < -0.4 is 10.6 Å². The van der Waals surface area contributed by atoms with Gasteiger partial charge in [-0.05, 0) is 18.2 Å². The molecule has 0 amide bonds. The minimum atomic E-state index is -0.0400. The zero-order valence-electron chi connectivity index (χ0n) is 19.4. The summed E-state index contributed by atoms with van der Waals surface area (Å²) in [4.78, 5) is 13.5. The van der Waals surface area contributed by atoms with Gasteiger partial charge in [-0.2, -0.15) is 0 Å². The summed E-state index contributed by atoms with van der Waals surface area (Å²) < 4.78 is 5.82. The SMILES string of the molecule is CN=C(NCc1ccc(CN2CCN(C)CC2)cc1)NCc1ncc(C(C)(C)C)o1.I. The van der Waals surface area contributed by atoms with Crippen molar-refractivity contribution in [2.24, 2.45) is 4.99 Å². The van der Waals surface area contributed by atoms with Gasteiger partial charge < -0.3 is 20.0 Å². The zero-order valence-corrected chi connectivity index (χ0v) is 21.8. The van der Waals surface area contributed by atoms with Crippen LogP contribution in [-0.2, 0) is 25.0 Å². The van der Waals surface area contributed by atoms with E-state index in [1.165, 1.54) is 11.1 Å². The average molecular weight is 540 g/mol. The van der Waals surface area contributed by atoms with Crippen LogP contribution in [0, 0.1) is 0 Å². The molecule has 3 rings (SSSR count). The summed E-state index contributed by atoms with van der Waals surface area (Å²) in [6.45, 7) is 13.2. The number of piperazine rings is 1. The van der Waals surface area contributed by atoms with Crippen LogP contribution >= 0.6 is 24.0 Å². The molecule has 2 N–H and O–H groups in total. The molecule has 0 aliphatic carbocycles. The first-order valence-electron chi connectivity index (χ1n) is 10.7. The Morgan fingerprint density at radius 3 is 2.23 bits per heavy atom. The van der Waals surface area contributed by atoms with Gasteiger partial charge in [0.05, 0.1) is 12.7 Å². The Labute approximate surface area is 203 Å². The molecule has 0 atom stereocenters. The zero-order chi connectivity index (χ0) is 21.6. The minimum absolute atomic E-state index is 0. The number of oxazole rings is 1. The van der Waals surface area contributed by atoms with Crippen molar-refractivity contribution in [3.8, 4) is 0 Å². The number of hydrogen-bond donors (Lipinski definition) is 2. The molecule has 1 aliphatic rings. The highest BCUT2D eigenvalue weighted by molar-refractivity contribution is 14.0. The van der Waals surface area contributed by atoms with Crippen LogP contribution in [0.3, 0.4) is 0 Å². The predicted molar refractivity (Wildman–Crippen MR) is 137 cm³/mol. The maximum absolute atomic E-state index is 5.82. The molecule has 0 bridgehead atoms. The van der Waals surface area contributed by atoms with Crippen molar-refractivity contribution in [2.75, 3.05) is 40.3 Å². The van der Waals surface area contributed by atoms with Crippen LogP contribution in [0.2, 0.25) is 0 Å². The highest BCUT2D eigenvalue weighted by Crippen LogP contribution is 2.22. The molecule has 1 aromatic carbocycles. The second-order valence-electron chi connectivity index (χ2n) is 9.04. The smallest absolute Gasteiger partial charge is 0.213 e. The number of halogens is 1. The molecular weight excluding hydrogens is 503 g/mol. The van der Waals surface area contributed by atoms with Crippen molar-refractivity contribution < 1.29 is 4.42 Å². The van der Waals surface area contributed by atoms with E-state index in [2.05, 4.69) is 82.5 Å². The lowest BCUT2D eigenvalue weighted by Crippen LogP contribution is -2.43. The molecule has 1 aromatic heterocycles. The van der Waals surface area contributed by atoms with E-state index in [1.54, 1.807) is 13.2 Å². The predicted octanol–water partition coefficient (Wildman–Crippen LogP) is 3.20. The summed E-state index contributed by atoms with van der Waals surface area (Å²) in [7, 11) is 3.96. The number of hydrogen-bond acceptors (Lipinski definition) is 5. The monoisotopic (exact) mass is 540 g/mol. The van der Waals surface area contributed by atoms with Gasteiger partial charge in [-0.25, -0.2) is 4.98 Å². The summed E-state index contributed by atoms with van der Waals surface area (Å²) in [5, 5.41) is 6.61. The van der Waals surface area contributed by atoms with Gasteiger partial charge in [-0.1, -0.05) is 45.0 Å². The summed E-state index contributed by atoms with van der Waals surface area (Å²) in [5.74, 6) is 2.28. The number of likely N-dealkylation sites (N-methyl/N-ethyl adjacent to an activating group) is 1. The standard InChI is InChI=1S/C23H36N6O.HI/c1-23(2,3)20-15-25-21(30-20)16-27-22(24-4)26-14-18-6-8-19(9-7-18)17-29-12-10-28(5)11-13-29;/h6-9,15H,10-14,16-17H2,1-5H3,(H2,24,26,27);1H. The molecule has 8 heteroatoms. The van der Waals surface area contributed by atoms with Crippen molar-refractivity contribution in [1.82, 2.24) is 25.4 Å². The van der Waals surface area contributed by atoms with Gasteiger partial charge in [0, 0.05) is 51.7 Å². The molecule has 31 heavy (non-hydrogen) atoms. The molecule has 0 unspecified atom stereocenters. The number of aromatic nitrogens is 1. The van der Waals surface area contributed by atoms with Crippen molar-refractivity contribution in [3.05, 3.63) is 53.2 Å². The first kappa shape index (κ1) is 25.6. The highest BCUT2D eigenvalue weighted by Gasteiger charge is 2.19. The molecule has 1 aliphatic heterocycles. The molecule has 1 saturated heterocycles. The van der Waals surface area contributed by atoms with Crippen LogP contribution in [-0.4, -0.2) is 61.0 Å². The van der Waals surface area contributed by atoms with Crippen LogP contribution in [0.25, 0.3) is 0 Å². The van der Waals surface area contributed by atoms with Crippen molar-refractivity contribution in [2.45, 2.75) is 45.8 Å². The fraction of sp³-hybridized carbons (Fsp3) is 0.565. The molecular formula is C23H37IN6O. The maximum atomic E-state index is 5.82. The van der Waals surface area contributed by atoms with Crippen LogP contribution in [0.5, 0.6) is 0 Å². The minimum Gasteiger partial charge on any atom is -0.443 e. The third-order valence-corrected chi connectivity index (χ3v) is 5.41. The van der Waals surface area contributed by atoms with Gasteiger partial charge in [0.1, 0.15) is 5.76 Å². The molecule has 0 saturated carbocycles. The van der Waals surface area contributed by atoms with Gasteiger partial charge >= 0.3 is 0 Å². The second kappa shape index (κ2) is 11.8. The first-order chi connectivity index (χ1) is 14.3. The van der Waals surface area contributed by atoms with Crippen molar-refractivity contribution >= 4 is 29.9 Å². The van der Waals surface area contributed by atoms with Gasteiger partial charge in [-0.15, -0.1) is 24.0 Å². The normalized spacial score (nSPS) is 16.1. The van der Waals surface area contributed by atoms with E-state index in [1.807, 2.05) is 0 Å². The number of benzene rings is 1. The fourth-order valence-corrected chi connectivity index (χ4v) is 3.33. The summed E-state index contributed by atoms with van der Waals surface area (Å²) >= 11 is 0.